The Morgan fingerprint density at radius 2 is 1.79 bits per heavy atom. The minimum Gasteiger partial charge on any atom is -0.351 e. The molecule has 2 N–H and O–H groups in total. The first-order valence-electron chi connectivity index (χ1n) is 10.3. The van der Waals surface area contributed by atoms with E-state index in [0.29, 0.717) is 29.0 Å². The number of carbonyl (C=O) groups is 3. The third-order valence-corrected chi connectivity index (χ3v) is 7.16. The fourth-order valence-corrected chi connectivity index (χ4v) is 6.66. The van der Waals surface area contributed by atoms with Gasteiger partial charge in [0.2, 0.25) is 17.7 Å². The number of likely N-dealkylation sites (N-methyl/N-ethyl adjacent to an activating group) is 1. The van der Waals surface area contributed by atoms with Crippen LogP contribution in [0.5, 0.6) is 0 Å². The van der Waals surface area contributed by atoms with Gasteiger partial charge >= 0.3 is 0 Å². The van der Waals surface area contributed by atoms with Gasteiger partial charge in [-0.25, -0.2) is 0 Å². The van der Waals surface area contributed by atoms with Gasteiger partial charge in [-0.2, -0.15) is 0 Å². The van der Waals surface area contributed by atoms with Crippen molar-refractivity contribution in [1.82, 2.24) is 10.2 Å². The zero-order chi connectivity index (χ0) is 20.8. The Balaban J connectivity index is 1.46. The van der Waals surface area contributed by atoms with E-state index in [0.717, 1.165) is 32.1 Å². The number of halogens is 1. The molecule has 4 fully saturated rings. The molecule has 4 aliphatic carbocycles. The second kappa shape index (κ2) is 7.31. The number of hydrogen-bond donors (Lipinski definition) is 2. The minimum atomic E-state index is -0.466. The zero-order valence-electron chi connectivity index (χ0n) is 17.0. The molecule has 4 aliphatic rings. The van der Waals surface area contributed by atoms with Gasteiger partial charge in [-0.15, -0.1) is 0 Å². The van der Waals surface area contributed by atoms with Crippen LogP contribution < -0.4 is 10.6 Å². The number of amides is 3. The summed E-state index contributed by atoms with van der Waals surface area (Å²) in [4.78, 5) is 39.3. The van der Waals surface area contributed by atoms with Crippen LogP contribution in [0.15, 0.2) is 24.3 Å². The number of nitrogens with zero attached hydrogens (tertiary/aromatic N) is 1. The zero-order valence-corrected chi connectivity index (χ0v) is 17.7. The number of anilines is 1. The fourth-order valence-electron chi connectivity index (χ4n) is 6.48. The van der Waals surface area contributed by atoms with Crippen molar-refractivity contribution in [2.45, 2.75) is 51.0 Å². The van der Waals surface area contributed by atoms with Gasteiger partial charge in [-0.1, -0.05) is 23.7 Å². The molecule has 4 saturated carbocycles. The molecular formula is C22H28ClN3O3. The van der Waals surface area contributed by atoms with E-state index in [1.54, 1.807) is 43.1 Å². The van der Waals surface area contributed by atoms with E-state index in [4.69, 9.17) is 11.6 Å². The summed E-state index contributed by atoms with van der Waals surface area (Å²) >= 11 is 6.11. The SMILES string of the molecule is CC(=O)NC12C[C@@H]3C[C@@H](C1)CC(C(=O)N(C)CC(=O)Nc1ccccc1Cl)(C3)C2. The van der Waals surface area contributed by atoms with Crippen LogP contribution in [0.25, 0.3) is 0 Å². The number of para-hydroxylation sites is 1. The Kier molecular flexibility index (Phi) is 5.09. The molecule has 156 valence electrons. The van der Waals surface area contributed by atoms with Gasteiger partial charge in [0.15, 0.2) is 0 Å². The minimum absolute atomic E-state index is 0.0196. The van der Waals surface area contributed by atoms with Crippen molar-refractivity contribution in [3.63, 3.8) is 0 Å². The topological polar surface area (TPSA) is 78.5 Å². The van der Waals surface area contributed by atoms with Crippen molar-refractivity contribution >= 4 is 35.0 Å². The number of carbonyl (C=O) groups excluding carboxylic acids is 3. The summed E-state index contributed by atoms with van der Waals surface area (Å²) in [6, 6.07) is 7.04. The van der Waals surface area contributed by atoms with Gasteiger partial charge in [0, 0.05) is 19.5 Å². The summed E-state index contributed by atoms with van der Waals surface area (Å²) in [6.45, 7) is 1.53. The number of benzene rings is 1. The lowest BCUT2D eigenvalue weighted by molar-refractivity contribution is -0.162. The molecule has 6 nitrogen and oxygen atoms in total. The first-order valence-corrected chi connectivity index (χ1v) is 10.7. The summed E-state index contributed by atoms with van der Waals surface area (Å²) in [6.07, 6.45) is 5.48. The molecule has 0 aromatic heterocycles. The highest BCUT2D eigenvalue weighted by atomic mass is 35.5. The first kappa shape index (κ1) is 20.2. The van der Waals surface area contributed by atoms with E-state index < -0.39 is 5.41 Å². The number of nitrogens with one attached hydrogen (secondary N) is 2. The van der Waals surface area contributed by atoms with Gasteiger partial charge in [0.1, 0.15) is 0 Å². The van der Waals surface area contributed by atoms with E-state index >= 15 is 0 Å². The lowest BCUT2D eigenvalue weighted by atomic mass is 9.46. The molecule has 0 saturated heterocycles. The van der Waals surface area contributed by atoms with Crippen molar-refractivity contribution in [1.29, 1.82) is 0 Å². The highest BCUT2D eigenvalue weighted by Crippen LogP contribution is 2.62. The Bertz CT molecular complexity index is 841. The van der Waals surface area contributed by atoms with Crippen molar-refractivity contribution in [2.24, 2.45) is 17.3 Å². The lowest BCUT2D eigenvalue weighted by Gasteiger charge is -2.61. The summed E-state index contributed by atoms with van der Waals surface area (Å²) in [5, 5.41) is 6.43. The Morgan fingerprint density at radius 1 is 1.14 bits per heavy atom. The maximum atomic E-state index is 13.5. The summed E-state index contributed by atoms with van der Waals surface area (Å²) in [5.41, 5.74) is -0.183. The third-order valence-electron chi connectivity index (χ3n) is 6.83. The molecule has 1 aromatic carbocycles. The molecule has 4 bridgehead atoms. The molecule has 0 radical (unpaired) electrons. The average molecular weight is 418 g/mol. The molecule has 5 rings (SSSR count). The molecular weight excluding hydrogens is 390 g/mol. The van der Waals surface area contributed by atoms with Crippen molar-refractivity contribution in [3.8, 4) is 0 Å². The number of hydrogen-bond acceptors (Lipinski definition) is 3. The van der Waals surface area contributed by atoms with Gasteiger partial charge < -0.3 is 15.5 Å². The van der Waals surface area contributed by atoms with E-state index in [2.05, 4.69) is 10.6 Å². The van der Waals surface area contributed by atoms with Gasteiger partial charge in [0.05, 0.1) is 22.7 Å². The number of rotatable bonds is 5. The standard InChI is InChI=1S/C22H28ClN3O3/c1-14(27)25-22-10-15-7-16(11-22)9-21(8-15,13-22)20(29)26(2)12-19(28)24-18-6-4-3-5-17(18)23/h3-6,15-16H,7-13H2,1-2H3,(H,24,28)(H,25,27)/t15-,16-,21?,22?/m1/s1. The van der Waals surface area contributed by atoms with E-state index in [9.17, 15) is 14.4 Å². The van der Waals surface area contributed by atoms with Crippen LogP contribution >= 0.6 is 11.6 Å². The van der Waals surface area contributed by atoms with Gasteiger partial charge in [-0.05, 0) is 62.5 Å². The molecule has 0 unspecified atom stereocenters. The van der Waals surface area contributed by atoms with Crippen LogP contribution in [0.3, 0.4) is 0 Å². The molecule has 0 heterocycles. The molecule has 7 heteroatoms. The predicted molar refractivity (Wildman–Crippen MR) is 111 cm³/mol. The average Bonchev–Trinajstić information content (AvgIpc) is 2.60. The fraction of sp³-hybridized carbons (Fsp3) is 0.591. The largest absolute Gasteiger partial charge is 0.351 e. The summed E-state index contributed by atoms with van der Waals surface area (Å²) in [5.74, 6) is 0.669. The molecule has 2 atom stereocenters. The second-order valence-electron chi connectivity index (χ2n) is 9.39. The Hall–Kier alpha value is -2.08. The Morgan fingerprint density at radius 3 is 2.41 bits per heavy atom. The van der Waals surface area contributed by atoms with Crippen molar-refractivity contribution in [3.05, 3.63) is 29.3 Å². The van der Waals surface area contributed by atoms with Crippen LogP contribution in [-0.4, -0.2) is 41.8 Å². The second-order valence-corrected chi connectivity index (χ2v) is 9.80. The van der Waals surface area contributed by atoms with E-state index in [-0.39, 0.29) is 29.8 Å². The molecule has 1 aromatic rings. The molecule has 0 aliphatic heterocycles. The molecule has 29 heavy (non-hydrogen) atoms. The summed E-state index contributed by atoms with van der Waals surface area (Å²) < 4.78 is 0. The molecule has 0 spiro atoms. The summed E-state index contributed by atoms with van der Waals surface area (Å²) in [7, 11) is 1.69. The van der Waals surface area contributed by atoms with Crippen LogP contribution in [0.4, 0.5) is 5.69 Å². The first-order chi connectivity index (χ1) is 13.7. The third kappa shape index (κ3) is 3.87. The van der Waals surface area contributed by atoms with E-state index in [1.807, 2.05) is 0 Å². The van der Waals surface area contributed by atoms with Gasteiger partial charge in [-0.3, -0.25) is 14.4 Å². The maximum Gasteiger partial charge on any atom is 0.244 e. The van der Waals surface area contributed by atoms with Crippen LogP contribution in [0, 0.1) is 17.3 Å². The van der Waals surface area contributed by atoms with Crippen LogP contribution in [-0.2, 0) is 14.4 Å². The van der Waals surface area contributed by atoms with Crippen molar-refractivity contribution in [2.75, 3.05) is 18.9 Å². The Labute approximate surface area is 176 Å². The highest BCUT2D eigenvalue weighted by Gasteiger charge is 2.61. The lowest BCUT2D eigenvalue weighted by Crippen LogP contribution is -2.66. The highest BCUT2D eigenvalue weighted by molar-refractivity contribution is 6.33. The van der Waals surface area contributed by atoms with Crippen LogP contribution in [0.1, 0.15) is 45.4 Å². The normalized spacial score (nSPS) is 32.0. The molecule has 3 amide bonds. The van der Waals surface area contributed by atoms with Gasteiger partial charge in [0.25, 0.3) is 0 Å². The van der Waals surface area contributed by atoms with E-state index in [1.165, 1.54) is 0 Å². The van der Waals surface area contributed by atoms with Crippen LogP contribution in [0.2, 0.25) is 5.02 Å². The van der Waals surface area contributed by atoms with Crippen molar-refractivity contribution < 1.29 is 14.4 Å². The monoisotopic (exact) mass is 417 g/mol. The smallest absolute Gasteiger partial charge is 0.244 e. The quantitative estimate of drug-likeness (QED) is 0.772. The predicted octanol–water partition coefficient (Wildman–Crippen LogP) is 3.21. The maximum absolute atomic E-state index is 13.5.